The van der Waals surface area contributed by atoms with Gasteiger partial charge >= 0.3 is 5.97 Å². The Labute approximate surface area is 166 Å². The molecule has 0 aromatic heterocycles. The SMILES string of the molecule is CC(NCC1COC(=O)C1(c1ccccc1)c1ccccc1)c1ccccc1. The lowest BCUT2D eigenvalue weighted by Gasteiger charge is -2.33. The molecule has 3 nitrogen and oxygen atoms in total. The third kappa shape index (κ3) is 3.23. The molecule has 2 atom stereocenters. The van der Waals surface area contributed by atoms with Gasteiger partial charge in [0.05, 0.1) is 6.61 Å². The maximum atomic E-state index is 13.2. The minimum atomic E-state index is -0.786. The van der Waals surface area contributed by atoms with Crippen LogP contribution in [0.5, 0.6) is 0 Å². The topological polar surface area (TPSA) is 38.3 Å². The maximum Gasteiger partial charge on any atom is 0.321 e. The standard InChI is InChI=1S/C25H25NO2/c1-19(20-11-5-2-6-12-20)26-17-23-18-28-24(27)25(23,21-13-7-3-8-14-21)22-15-9-4-10-16-22/h2-16,19,23,26H,17-18H2,1H3. The van der Waals surface area contributed by atoms with Gasteiger partial charge in [0.1, 0.15) is 5.41 Å². The Bertz CT molecular complexity index is 870. The molecule has 3 aromatic carbocycles. The number of benzene rings is 3. The number of ether oxygens (including phenoxy) is 1. The van der Waals surface area contributed by atoms with Crippen molar-refractivity contribution in [3.63, 3.8) is 0 Å². The summed E-state index contributed by atoms with van der Waals surface area (Å²) in [6.45, 7) is 3.25. The van der Waals surface area contributed by atoms with Crippen molar-refractivity contribution in [2.75, 3.05) is 13.2 Å². The Morgan fingerprint density at radius 1 is 0.893 bits per heavy atom. The number of carbonyl (C=O) groups excluding carboxylic acids is 1. The van der Waals surface area contributed by atoms with Crippen LogP contribution in [0.25, 0.3) is 0 Å². The number of carbonyl (C=O) groups is 1. The molecule has 0 aliphatic carbocycles. The lowest BCUT2D eigenvalue weighted by molar-refractivity contribution is -0.141. The molecule has 0 radical (unpaired) electrons. The van der Waals surface area contributed by atoms with Gasteiger partial charge in [0.25, 0.3) is 0 Å². The Kier molecular flexibility index (Phi) is 5.27. The molecule has 28 heavy (non-hydrogen) atoms. The van der Waals surface area contributed by atoms with E-state index in [1.165, 1.54) is 5.56 Å². The first-order valence-electron chi connectivity index (χ1n) is 9.79. The number of hydrogen-bond acceptors (Lipinski definition) is 3. The molecular weight excluding hydrogens is 346 g/mol. The molecule has 1 heterocycles. The monoisotopic (exact) mass is 371 g/mol. The molecule has 2 unspecified atom stereocenters. The number of nitrogens with one attached hydrogen (secondary N) is 1. The van der Waals surface area contributed by atoms with Crippen molar-refractivity contribution in [3.05, 3.63) is 108 Å². The minimum Gasteiger partial charge on any atom is -0.464 e. The van der Waals surface area contributed by atoms with Crippen LogP contribution in [-0.2, 0) is 14.9 Å². The molecule has 3 heteroatoms. The first kappa shape index (κ1) is 18.5. The van der Waals surface area contributed by atoms with E-state index in [4.69, 9.17) is 4.74 Å². The zero-order valence-electron chi connectivity index (χ0n) is 16.0. The number of hydrogen-bond donors (Lipinski definition) is 1. The smallest absolute Gasteiger partial charge is 0.321 e. The van der Waals surface area contributed by atoms with Crippen molar-refractivity contribution in [2.24, 2.45) is 5.92 Å². The van der Waals surface area contributed by atoms with Crippen molar-refractivity contribution < 1.29 is 9.53 Å². The molecule has 1 aliphatic rings. The van der Waals surface area contributed by atoms with Gasteiger partial charge in [0.15, 0.2) is 0 Å². The molecule has 0 amide bonds. The summed E-state index contributed by atoms with van der Waals surface area (Å²) in [7, 11) is 0. The highest BCUT2D eigenvalue weighted by atomic mass is 16.5. The molecule has 1 N–H and O–H groups in total. The molecule has 0 saturated carbocycles. The lowest BCUT2D eigenvalue weighted by atomic mass is 9.67. The van der Waals surface area contributed by atoms with Crippen LogP contribution < -0.4 is 5.32 Å². The quantitative estimate of drug-likeness (QED) is 0.649. The lowest BCUT2D eigenvalue weighted by Crippen LogP contribution is -2.44. The highest BCUT2D eigenvalue weighted by Gasteiger charge is 2.54. The van der Waals surface area contributed by atoms with E-state index in [-0.39, 0.29) is 17.9 Å². The van der Waals surface area contributed by atoms with E-state index in [1.54, 1.807) is 0 Å². The normalized spacial score (nSPS) is 19.2. The molecule has 1 fully saturated rings. The summed E-state index contributed by atoms with van der Waals surface area (Å²) < 4.78 is 5.65. The van der Waals surface area contributed by atoms with E-state index in [9.17, 15) is 4.79 Å². The molecule has 0 spiro atoms. The van der Waals surface area contributed by atoms with Crippen LogP contribution in [0.1, 0.15) is 29.7 Å². The average molecular weight is 371 g/mol. The molecule has 0 bridgehead atoms. The van der Waals surface area contributed by atoms with Crippen LogP contribution in [0, 0.1) is 5.92 Å². The fraction of sp³-hybridized carbons (Fsp3) is 0.240. The summed E-state index contributed by atoms with van der Waals surface area (Å²) in [4.78, 5) is 13.2. The van der Waals surface area contributed by atoms with E-state index in [0.717, 1.165) is 11.1 Å². The zero-order chi connectivity index (χ0) is 19.4. The summed E-state index contributed by atoms with van der Waals surface area (Å²) >= 11 is 0. The Morgan fingerprint density at radius 3 is 1.93 bits per heavy atom. The van der Waals surface area contributed by atoms with Crippen LogP contribution >= 0.6 is 0 Å². The van der Waals surface area contributed by atoms with E-state index < -0.39 is 5.41 Å². The van der Waals surface area contributed by atoms with E-state index in [1.807, 2.05) is 78.9 Å². The third-order valence-electron chi connectivity index (χ3n) is 5.78. The molecule has 1 aliphatic heterocycles. The predicted molar refractivity (Wildman–Crippen MR) is 111 cm³/mol. The van der Waals surface area contributed by atoms with Crippen LogP contribution in [0.15, 0.2) is 91.0 Å². The zero-order valence-corrected chi connectivity index (χ0v) is 16.0. The largest absolute Gasteiger partial charge is 0.464 e. The number of esters is 1. The summed E-state index contributed by atoms with van der Waals surface area (Å²) in [5.74, 6) is -0.153. The van der Waals surface area contributed by atoms with Gasteiger partial charge in [0, 0.05) is 18.5 Å². The Morgan fingerprint density at radius 2 is 1.39 bits per heavy atom. The fourth-order valence-electron chi connectivity index (χ4n) is 4.25. The predicted octanol–water partition coefficient (Wildman–Crippen LogP) is 4.50. The molecule has 1 saturated heterocycles. The second-order valence-electron chi connectivity index (χ2n) is 7.38. The average Bonchev–Trinajstić information content (AvgIpc) is 3.10. The van der Waals surface area contributed by atoms with Crippen LogP contribution in [0.4, 0.5) is 0 Å². The van der Waals surface area contributed by atoms with Gasteiger partial charge in [-0.1, -0.05) is 91.0 Å². The van der Waals surface area contributed by atoms with Gasteiger partial charge in [-0.05, 0) is 23.6 Å². The van der Waals surface area contributed by atoms with Crippen LogP contribution in [0.2, 0.25) is 0 Å². The van der Waals surface area contributed by atoms with Crippen molar-refractivity contribution in [3.8, 4) is 0 Å². The van der Waals surface area contributed by atoms with E-state index in [2.05, 4.69) is 24.4 Å². The van der Waals surface area contributed by atoms with Gasteiger partial charge < -0.3 is 10.1 Å². The number of cyclic esters (lactones) is 1. The van der Waals surface area contributed by atoms with Crippen LogP contribution in [-0.4, -0.2) is 19.1 Å². The van der Waals surface area contributed by atoms with Crippen molar-refractivity contribution in [1.29, 1.82) is 0 Å². The summed E-state index contributed by atoms with van der Waals surface area (Å²) in [6, 6.07) is 30.6. The Balaban J connectivity index is 1.68. The number of rotatable bonds is 6. The summed E-state index contributed by atoms with van der Waals surface area (Å²) in [5.41, 5.74) is 2.43. The first-order valence-corrected chi connectivity index (χ1v) is 9.79. The molecule has 142 valence electrons. The summed E-state index contributed by atoms with van der Waals surface area (Å²) in [6.07, 6.45) is 0. The van der Waals surface area contributed by atoms with Crippen molar-refractivity contribution in [2.45, 2.75) is 18.4 Å². The second kappa shape index (κ2) is 7.99. The minimum absolute atomic E-state index is 0.0102. The fourth-order valence-corrected chi connectivity index (χ4v) is 4.25. The third-order valence-corrected chi connectivity index (χ3v) is 5.78. The van der Waals surface area contributed by atoms with Gasteiger partial charge in [0.2, 0.25) is 0 Å². The Hall–Kier alpha value is -2.91. The maximum absolute atomic E-state index is 13.2. The van der Waals surface area contributed by atoms with Crippen LogP contribution in [0.3, 0.4) is 0 Å². The van der Waals surface area contributed by atoms with Crippen molar-refractivity contribution in [1.82, 2.24) is 5.32 Å². The highest BCUT2D eigenvalue weighted by molar-refractivity contribution is 5.90. The van der Waals surface area contributed by atoms with E-state index in [0.29, 0.717) is 13.2 Å². The molecule has 3 aromatic rings. The molecular formula is C25H25NO2. The van der Waals surface area contributed by atoms with Gasteiger partial charge in [-0.15, -0.1) is 0 Å². The molecule has 4 rings (SSSR count). The van der Waals surface area contributed by atoms with Gasteiger partial charge in [-0.25, -0.2) is 0 Å². The van der Waals surface area contributed by atoms with E-state index >= 15 is 0 Å². The first-order chi connectivity index (χ1) is 13.7. The van der Waals surface area contributed by atoms with Crippen molar-refractivity contribution >= 4 is 5.97 Å². The van der Waals surface area contributed by atoms with Gasteiger partial charge in [-0.3, -0.25) is 4.79 Å². The second-order valence-corrected chi connectivity index (χ2v) is 7.38. The highest BCUT2D eigenvalue weighted by Crippen LogP contribution is 2.44. The van der Waals surface area contributed by atoms with Gasteiger partial charge in [-0.2, -0.15) is 0 Å². The summed E-state index contributed by atoms with van der Waals surface area (Å²) in [5, 5.41) is 3.62.